The summed E-state index contributed by atoms with van der Waals surface area (Å²) in [5.41, 5.74) is 7.29. The topological polar surface area (TPSA) is 98.4 Å². The Morgan fingerprint density at radius 3 is 2.91 bits per heavy atom. The van der Waals surface area contributed by atoms with Crippen molar-refractivity contribution in [2.45, 2.75) is 25.5 Å². The molecule has 4 N–H and O–H groups in total. The van der Waals surface area contributed by atoms with Crippen molar-refractivity contribution in [2.75, 3.05) is 22.6 Å². The van der Waals surface area contributed by atoms with Crippen LogP contribution in [0.1, 0.15) is 11.1 Å². The highest BCUT2D eigenvalue weighted by Gasteiger charge is 2.44. The van der Waals surface area contributed by atoms with Gasteiger partial charge in [-0.2, -0.15) is 0 Å². The highest BCUT2D eigenvalue weighted by molar-refractivity contribution is 8.00. The number of thiazole rings is 1. The fourth-order valence-corrected chi connectivity index (χ4v) is 5.61. The average molecular weight is 469 g/mol. The molecular weight excluding hydrogens is 444 g/mol. The number of nitrogens with zero attached hydrogens (tertiary/aromatic N) is 2. The third-order valence-electron chi connectivity index (χ3n) is 5.76. The van der Waals surface area contributed by atoms with E-state index in [1.54, 1.807) is 0 Å². The fraction of sp³-hybridized carbons (Fsp3) is 0.318. The van der Waals surface area contributed by atoms with Gasteiger partial charge in [-0.1, -0.05) is 29.5 Å². The minimum Gasteiger partial charge on any atom is -0.331 e. The van der Waals surface area contributed by atoms with Crippen molar-refractivity contribution in [2.24, 2.45) is 5.92 Å². The number of thioether (sulfide) groups is 1. The van der Waals surface area contributed by atoms with Crippen molar-refractivity contribution in [3.05, 3.63) is 53.6 Å². The van der Waals surface area contributed by atoms with Crippen LogP contribution in [-0.4, -0.2) is 40.8 Å². The summed E-state index contributed by atoms with van der Waals surface area (Å²) in [4.78, 5) is 29.6. The van der Waals surface area contributed by atoms with Gasteiger partial charge in [0, 0.05) is 6.54 Å². The summed E-state index contributed by atoms with van der Waals surface area (Å²) >= 11 is 2.80. The van der Waals surface area contributed by atoms with Gasteiger partial charge in [0.25, 0.3) is 0 Å². The van der Waals surface area contributed by atoms with Gasteiger partial charge in [0.2, 0.25) is 11.8 Å². The molecule has 2 saturated heterocycles. The van der Waals surface area contributed by atoms with Crippen molar-refractivity contribution in [1.82, 2.24) is 21.0 Å². The number of aromatic nitrogens is 1. The Balaban J connectivity index is 1.21. The monoisotopic (exact) mass is 468 g/mol. The molecule has 2 aliphatic heterocycles. The third kappa shape index (κ3) is 4.18. The van der Waals surface area contributed by atoms with E-state index in [9.17, 15) is 9.59 Å². The van der Waals surface area contributed by atoms with Gasteiger partial charge >= 0.3 is 0 Å². The summed E-state index contributed by atoms with van der Waals surface area (Å²) in [6.07, 6.45) is -0.185. The molecule has 2 fully saturated rings. The molecule has 2 amide bonds. The number of aryl methyl sites for hydroxylation is 2. The van der Waals surface area contributed by atoms with Gasteiger partial charge in [-0.25, -0.2) is 10.4 Å². The van der Waals surface area contributed by atoms with Crippen molar-refractivity contribution < 1.29 is 9.59 Å². The highest BCUT2D eigenvalue weighted by atomic mass is 32.2. The molecule has 5 rings (SSSR count). The van der Waals surface area contributed by atoms with Gasteiger partial charge < -0.3 is 10.6 Å². The molecule has 2 aromatic carbocycles. The number of amides is 2. The minimum atomic E-state index is -0.362. The number of rotatable bonds is 5. The van der Waals surface area contributed by atoms with E-state index in [1.807, 2.05) is 29.3 Å². The maximum atomic E-state index is 12.7. The molecule has 32 heavy (non-hydrogen) atoms. The molecule has 0 bridgehead atoms. The number of hydrogen-bond acceptors (Lipinski definition) is 8. The zero-order chi connectivity index (χ0) is 22.2. The predicted molar refractivity (Wildman–Crippen MR) is 129 cm³/mol. The van der Waals surface area contributed by atoms with Crippen LogP contribution in [0.4, 0.5) is 10.8 Å². The van der Waals surface area contributed by atoms with Crippen LogP contribution in [0.2, 0.25) is 0 Å². The smallest absolute Gasteiger partial charge is 0.236 e. The summed E-state index contributed by atoms with van der Waals surface area (Å²) in [6.45, 7) is 4.72. The quantitative estimate of drug-likeness (QED) is 0.457. The molecular formula is C22H24N6O2S2. The van der Waals surface area contributed by atoms with E-state index in [1.165, 1.54) is 34.2 Å². The molecule has 3 unspecified atom stereocenters. The molecule has 3 heterocycles. The first-order chi connectivity index (χ1) is 15.5. The Labute approximate surface area is 194 Å². The van der Waals surface area contributed by atoms with Gasteiger partial charge in [-0.3, -0.25) is 19.9 Å². The van der Waals surface area contributed by atoms with E-state index in [0.29, 0.717) is 11.7 Å². The van der Waals surface area contributed by atoms with E-state index in [2.05, 4.69) is 58.4 Å². The maximum Gasteiger partial charge on any atom is 0.236 e. The molecule has 0 aliphatic carbocycles. The second-order valence-corrected chi connectivity index (χ2v) is 10.1. The molecule has 1 aromatic heterocycles. The zero-order valence-corrected chi connectivity index (χ0v) is 19.3. The SMILES string of the molecule is Cc1ccc(N2NCC3C(=O)NC(SCC(=O)Nc4nc5ccccc5s4)NC32)cc1C. The molecule has 10 heteroatoms. The molecule has 2 aliphatic rings. The van der Waals surface area contributed by atoms with Crippen molar-refractivity contribution in [1.29, 1.82) is 0 Å². The number of hydrogen-bond donors (Lipinski definition) is 4. The Morgan fingerprint density at radius 1 is 1.25 bits per heavy atom. The Bertz CT molecular complexity index is 1150. The minimum absolute atomic E-state index is 0.0170. The maximum absolute atomic E-state index is 12.7. The lowest BCUT2D eigenvalue weighted by Crippen LogP contribution is -2.63. The lowest BCUT2D eigenvalue weighted by atomic mass is 10.0. The van der Waals surface area contributed by atoms with Crippen LogP contribution in [-0.2, 0) is 9.59 Å². The number of carbonyl (C=O) groups is 2. The standard InChI is InChI=1S/C22H24N6O2S2/c1-12-7-8-14(9-13(12)2)28-19-15(10-23-28)20(30)27-21(26-19)31-11-18(29)25-22-24-16-5-3-4-6-17(16)32-22/h3-9,15,19,21,23,26H,10-11H2,1-2H3,(H,27,30)(H,24,25,29). The van der Waals surface area contributed by atoms with E-state index >= 15 is 0 Å². The van der Waals surface area contributed by atoms with Crippen LogP contribution in [0.25, 0.3) is 10.2 Å². The fourth-order valence-electron chi connectivity index (χ4n) is 3.90. The van der Waals surface area contributed by atoms with Gasteiger partial charge in [0.05, 0.1) is 27.6 Å². The van der Waals surface area contributed by atoms with Crippen molar-refractivity contribution in [3.63, 3.8) is 0 Å². The first-order valence-electron chi connectivity index (χ1n) is 10.4. The summed E-state index contributed by atoms with van der Waals surface area (Å²) in [7, 11) is 0. The predicted octanol–water partition coefficient (Wildman–Crippen LogP) is 2.55. The van der Waals surface area contributed by atoms with E-state index in [-0.39, 0.29) is 35.1 Å². The van der Waals surface area contributed by atoms with Gasteiger partial charge in [0.15, 0.2) is 5.13 Å². The summed E-state index contributed by atoms with van der Waals surface area (Å²) in [5.74, 6) is -0.174. The van der Waals surface area contributed by atoms with Crippen LogP contribution in [0.15, 0.2) is 42.5 Å². The largest absolute Gasteiger partial charge is 0.331 e. The Hall–Kier alpha value is -2.66. The highest BCUT2D eigenvalue weighted by Crippen LogP contribution is 2.29. The average Bonchev–Trinajstić information content (AvgIpc) is 3.38. The first kappa shape index (κ1) is 21.2. The van der Waals surface area contributed by atoms with E-state index < -0.39 is 0 Å². The number of fused-ring (bicyclic) bond motifs is 2. The number of anilines is 2. The lowest BCUT2D eigenvalue weighted by Gasteiger charge is -2.37. The summed E-state index contributed by atoms with van der Waals surface area (Å²) < 4.78 is 1.03. The van der Waals surface area contributed by atoms with Gasteiger partial charge in [-0.15, -0.1) is 11.8 Å². The van der Waals surface area contributed by atoms with Crippen LogP contribution in [0.5, 0.6) is 0 Å². The molecule has 0 saturated carbocycles. The van der Waals surface area contributed by atoms with Gasteiger partial charge in [0.1, 0.15) is 11.7 Å². The van der Waals surface area contributed by atoms with Crippen LogP contribution in [0, 0.1) is 19.8 Å². The molecule has 166 valence electrons. The molecule has 0 radical (unpaired) electrons. The van der Waals surface area contributed by atoms with Crippen LogP contribution < -0.4 is 26.4 Å². The lowest BCUT2D eigenvalue weighted by molar-refractivity contribution is -0.127. The normalized spacial score (nSPS) is 22.6. The van der Waals surface area contributed by atoms with E-state index in [0.717, 1.165) is 15.9 Å². The van der Waals surface area contributed by atoms with Crippen LogP contribution in [0.3, 0.4) is 0 Å². The molecule has 8 nitrogen and oxygen atoms in total. The molecule has 3 aromatic rings. The summed E-state index contributed by atoms with van der Waals surface area (Å²) in [6, 6.07) is 14.0. The zero-order valence-electron chi connectivity index (χ0n) is 17.7. The van der Waals surface area contributed by atoms with E-state index in [4.69, 9.17) is 0 Å². The van der Waals surface area contributed by atoms with Crippen molar-refractivity contribution >= 4 is 55.9 Å². The number of hydrazine groups is 1. The first-order valence-corrected chi connectivity index (χ1v) is 12.3. The third-order valence-corrected chi connectivity index (χ3v) is 7.73. The van der Waals surface area contributed by atoms with Gasteiger partial charge in [-0.05, 0) is 49.2 Å². The number of nitrogens with one attached hydrogen (secondary N) is 4. The van der Waals surface area contributed by atoms with Crippen LogP contribution >= 0.6 is 23.1 Å². The number of carbonyl (C=O) groups excluding carboxylic acids is 2. The second kappa shape index (κ2) is 8.70. The Morgan fingerprint density at radius 2 is 2.09 bits per heavy atom. The second-order valence-electron chi connectivity index (χ2n) is 7.95. The molecule has 3 atom stereocenters. The summed E-state index contributed by atoms with van der Waals surface area (Å²) in [5, 5.41) is 11.9. The number of para-hydroxylation sites is 1. The molecule has 0 spiro atoms. The van der Waals surface area contributed by atoms with Crippen molar-refractivity contribution in [3.8, 4) is 0 Å². The number of benzene rings is 2. The Kier molecular flexibility index (Phi) is 5.76.